The molecule has 1 saturated heterocycles. The summed E-state index contributed by atoms with van der Waals surface area (Å²) in [6.07, 6.45) is 4.17. The van der Waals surface area contributed by atoms with E-state index in [4.69, 9.17) is 0 Å². The Hall–Kier alpha value is -1.96. The van der Waals surface area contributed by atoms with E-state index >= 15 is 0 Å². The molecule has 1 aliphatic heterocycles. The van der Waals surface area contributed by atoms with Gasteiger partial charge in [-0.05, 0) is 63.6 Å². The lowest BCUT2D eigenvalue weighted by atomic mass is 9.88. The molecular formula is C21H32N4O3. The van der Waals surface area contributed by atoms with Crippen LogP contribution in [0.4, 0.5) is 10.5 Å². The number of imide groups is 1. The molecule has 2 aliphatic rings. The second-order valence-corrected chi connectivity index (χ2v) is 8.36. The van der Waals surface area contributed by atoms with Crippen molar-refractivity contribution in [3.05, 3.63) is 29.3 Å². The SMILES string of the molecule is Cc1ccc(NC(=O)NC(=O)CN2CCC(CO)(NCC3CC3)CC2)c(C)c1. The molecule has 1 aromatic carbocycles. The summed E-state index contributed by atoms with van der Waals surface area (Å²) in [5.41, 5.74) is 2.55. The van der Waals surface area contributed by atoms with E-state index in [1.807, 2.05) is 36.9 Å². The van der Waals surface area contributed by atoms with Crippen LogP contribution in [0.5, 0.6) is 0 Å². The summed E-state index contributed by atoms with van der Waals surface area (Å²) in [6, 6.07) is 5.23. The van der Waals surface area contributed by atoms with Crippen molar-refractivity contribution in [2.45, 2.75) is 45.1 Å². The molecule has 28 heavy (non-hydrogen) atoms. The quantitative estimate of drug-likeness (QED) is 0.571. The van der Waals surface area contributed by atoms with Crippen molar-refractivity contribution in [1.29, 1.82) is 0 Å². The average Bonchev–Trinajstić information content (AvgIpc) is 3.48. The molecule has 0 atom stereocenters. The monoisotopic (exact) mass is 388 g/mol. The Bertz CT molecular complexity index is 710. The first-order chi connectivity index (χ1) is 13.4. The van der Waals surface area contributed by atoms with Crippen molar-refractivity contribution in [3.8, 4) is 0 Å². The van der Waals surface area contributed by atoms with Crippen LogP contribution in [-0.4, -0.2) is 60.3 Å². The van der Waals surface area contributed by atoms with E-state index in [1.54, 1.807) is 0 Å². The van der Waals surface area contributed by atoms with Crippen LogP contribution in [0.1, 0.15) is 36.8 Å². The first-order valence-corrected chi connectivity index (χ1v) is 10.2. The second-order valence-electron chi connectivity index (χ2n) is 8.36. The zero-order valence-electron chi connectivity index (χ0n) is 16.9. The fraction of sp³-hybridized carbons (Fsp3) is 0.619. The normalized spacial score (nSPS) is 19.2. The molecule has 1 aromatic rings. The fourth-order valence-electron chi connectivity index (χ4n) is 3.69. The predicted molar refractivity (Wildman–Crippen MR) is 109 cm³/mol. The lowest BCUT2D eigenvalue weighted by Gasteiger charge is -2.41. The molecule has 1 saturated carbocycles. The molecule has 2 fully saturated rings. The van der Waals surface area contributed by atoms with Crippen LogP contribution in [-0.2, 0) is 4.79 Å². The summed E-state index contributed by atoms with van der Waals surface area (Å²) in [5.74, 6) is 0.451. The molecule has 7 heteroatoms. The Morgan fingerprint density at radius 1 is 1.21 bits per heavy atom. The maximum absolute atomic E-state index is 12.2. The number of urea groups is 1. The van der Waals surface area contributed by atoms with E-state index in [1.165, 1.54) is 12.8 Å². The summed E-state index contributed by atoms with van der Waals surface area (Å²) >= 11 is 0. The van der Waals surface area contributed by atoms with Gasteiger partial charge in [0.05, 0.1) is 13.2 Å². The van der Waals surface area contributed by atoms with E-state index in [2.05, 4.69) is 16.0 Å². The van der Waals surface area contributed by atoms with Gasteiger partial charge in [0.1, 0.15) is 0 Å². The van der Waals surface area contributed by atoms with Crippen molar-refractivity contribution < 1.29 is 14.7 Å². The van der Waals surface area contributed by atoms with Gasteiger partial charge < -0.3 is 15.7 Å². The highest BCUT2D eigenvalue weighted by molar-refractivity contribution is 6.02. The number of aliphatic hydroxyl groups excluding tert-OH is 1. The molecule has 1 aliphatic carbocycles. The molecule has 0 aromatic heterocycles. The number of hydrogen-bond acceptors (Lipinski definition) is 5. The van der Waals surface area contributed by atoms with Gasteiger partial charge in [-0.15, -0.1) is 0 Å². The predicted octanol–water partition coefficient (Wildman–Crippen LogP) is 1.78. The van der Waals surface area contributed by atoms with Crippen molar-refractivity contribution in [1.82, 2.24) is 15.5 Å². The number of rotatable bonds is 7. The van der Waals surface area contributed by atoms with Gasteiger partial charge in [0.15, 0.2) is 0 Å². The van der Waals surface area contributed by atoms with E-state index in [0.717, 1.165) is 49.5 Å². The van der Waals surface area contributed by atoms with Crippen molar-refractivity contribution in [2.75, 3.05) is 38.1 Å². The summed E-state index contributed by atoms with van der Waals surface area (Å²) in [6.45, 7) is 6.64. The third kappa shape index (κ3) is 5.77. The number of hydrogen-bond donors (Lipinski definition) is 4. The Morgan fingerprint density at radius 3 is 2.54 bits per heavy atom. The highest BCUT2D eigenvalue weighted by Crippen LogP contribution is 2.30. The third-order valence-electron chi connectivity index (χ3n) is 5.83. The van der Waals surface area contributed by atoms with E-state index in [0.29, 0.717) is 5.69 Å². The number of anilines is 1. The van der Waals surface area contributed by atoms with Crippen LogP contribution in [0.3, 0.4) is 0 Å². The Balaban J connectivity index is 1.41. The number of benzene rings is 1. The van der Waals surface area contributed by atoms with Crippen molar-refractivity contribution in [2.24, 2.45) is 5.92 Å². The molecule has 0 bridgehead atoms. The first-order valence-electron chi connectivity index (χ1n) is 10.2. The molecule has 1 heterocycles. The fourth-order valence-corrected chi connectivity index (χ4v) is 3.69. The first kappa shape index (κ1) is 20.8. The minimum absolute atomic E-state index is 0.123. The number of carbonyl (C=O) groups excluding carboxylic acids is 2. The molecule has 4 N–H and O–H groups in total. The van der Waals surface area contributed by atoms with Crippen LogP contribution in [0.25, 0.3) is 0 Å². The molecule has 3 rings (SSSR count). The van der Waals surface area contributed by atoms with Gasteiger partial charge in [-0.1, -0.05) is 17.7 Å². The number of amides is 3. The molecule has 154 valence electrons. The molecular weight excluding hydrogens is 356 g/mol. The van der Waals surface area contributed by atoms with Crippen LogP contribution in [0.2, 0.25) is 0 Å². The minimum atomic E-state index is -0.509. The average molecular weight is 389 g/mol. The van der Waals surface area contributed by atoms with Gasteiger partial charge in [-0.3, -0.25) is 15.0 Å². The zero-order chi connectivity index (χ0) is 20.1. The summed E-state index contributed by atoms with van der Waals surface area (Å²) < 4.78 is 0. The lowest BCUT2D eigenvalue weighted by Crippen LogP contribution is -2.57. The molecule has 7 nitrogen and oxygen atoms in total. The molecule has 0 spiro atoms. The molecule has 0 unspecified atom stereocenters. The van der Waals surface area contributed by atoms with E-state index in [-0.39, 0.29) is 24.6 Å². The van der Waals surface area contributed by atoms with Gasteiger partial charge >= 0.3 is 6.03 Å². The van der Waals surface area contributed by atoms with Gasteiger partial charge in [0.2, 0.25) is 5.91 Å². The Labute approximate surface area is 166 Å². The Morgan fingerprint density at radius 2 is 1.93 bits per heavy atom. The third-order valence-corrected chi connectivity index (χ3v) is 5.83. The number of aliphatic hydroxyl groups is 1. The second kappa shape index (κ2) is 9.03. The maximum Gasteiger partial charge on any atom is 0.325 e. The van der Waals surface area contributed by atoms with E-state index < -0.39 is 6.03 Å². The Kier molecular flexibility index (Phi) is 6.69. The van der Waals surface area contributed by atoms with Crippen LogP contribution in [0, 0.1) is 19.8 Å². The summed E-state index contributed by atoms with van der Waals surface area (Å²) in [5, 5.41) is 18.5. The van der Waals surface area contributed by atoms with Crippen molar-refractivity contribution in [3.63, 3.8) is 0 Å². The number of piperidine rings is 1. The molecule has 0 radical (unpaired) electrons. The van der Waals surface area contributed by atoms with Gasteiger partial charge in [-0.25, -0.2) is 4.79 Å². The topological polar surface area (TPSA) is 93.7 Å². The van der Waals surface area contributed by atoms with Gasteiger partial charge in [-0.2, -0.15) is 0 Å². The van der Waals surface area contributed by atoms with Gasteiger partial charge in [0, 0.05) is 24.3 Å². The van der Waals surface area contributed by atoms with Crippen LogP contribution >= 0.6 is 0 Å². The number of nitrogens with one attached hydrogen (secondary N) is 3. The van der Waals surface area contributed by atoms with Crippen molar-refractivity contribution >= 4 is 17.6 Å². The largest absolute Gasteiger partial charge is 0.394 e. The van der Waals surface area contributed by atoms with E-state index in [9.17, 15) is 14.7 Å². The van der Waals surface area contributed by atoms with Crippen LogP contribution in [0.15, 0.2) is 18.2 Å². The maximum atomic E-state index is 12.2. The van der Waals surface area contributed by atoms with Crippen LogP contribution < -0.4 is 16.0 Å². The molecule has 3 amide bonds. The lowest BCUT2D eigenvalue weighted by molar-refractivity contribution is -0.121. The smallest absolute Gasteiger partial charge is 0.325 e. The number of nitrogens with zero attached hydrogens (tertiary/aromatic N) is 1. The zero-order valence-corrected chi connectivity index (χ0v) is 16.9. The highest BCUT2D eigenvalue weighted by atomic mass is 16.3. The number of likely N-dealkylation sites (tertiary alicyclic amines) is 1. The summed E-state index contributed by atoms with van der Waals surface area (Å²) in [4.78, 5) is 26.4. The number of aryl methyl sites for hydroxylation is 2. The van der Waals surface area contributed by atoms with Gasteiger partial charge in [0.25, 0.3) is 0 Å². The highest BCUT2D eigenvalue weighted by Gasteiger charge is 2.35. The number of carbonyl (C=O) groups is 2. The standard InChI is InChI=1S/C21H32N4O3/c1-15-3-6-18(16(2)11-15)23-20(28)24-19(27)13-25-9-7-21(14-26,8-10-25)22-12-17-4-5-17/h3,6,11,17,22,26H,4-5,7-10,12-14H2,1-2H3,(H2,23,24,27,28). The summed E-state index contributed by atoms with van der Waals surface area (Å²) in [7, 11) is 0. The minimum Gasteiger partial charge on any atom is -0.394 e.